The number of aliphatic imine (C=N–C) groups is 2. The van der Waals surface area contributed by atoms with E-state index in [4.69, 9.17) is 15.7 Å². The lowest BCUT2D eigenvalue weighted by Crippen LogP contribution is -2.58. The summed E-state index contributed by atoms with van der Waals surface area (Å²) < 4.78 is 0. The van der Waals surface area contributed by atoms with Crippen molar-refractivity contribution in [3.05, 3.63) is 78.0 Å². The molecule has 7 heteroatoms. The monoisotopic (exact) mass is 507 g/mol. The van der Waals surface area contributed by atoms with Crippen molar-refractivity contribution in [3.8, 4) is 0 Å². The molecule has 0 saturated carbocycles. The number of nitrogen functional groups attached to an aromatic ring is 1. The molecule has 1 aliphatic carbocycles. The van der Waals surface area contributed by atoms with Gasteiger partial charge in [-0.25, -0.2) is 4.98 Å². The lowest BCUT2D eigenvalue weighted by molar-refractivity contribution is 0.0520. The minimum atomic E-state index is 0.0605. The van der Waals surface area contributed by atoms with Crippen molar-refractivity contribution in [1.82, 2.24) is 15.2 Å². The lowest BCUT2D eigenvalue weighted by Gasteiger charge is -2.48. The van der Waals surface area contributed by atoms with Gasteiger partial charge in [0.15, 0.2) is 0 Å². The standard InChI is InChI=1S/C31H37N7/c32-28-25(7-4-16-34-28)29-36-27-13-12-26(23-5-2-1-3-6-23)35-30(27)38(29)24-10-8-22(9-11-24)19-37-17-14-31(15-18-37)20-33-21-31/h1-5,7-11,16,23,26-27,33H,6,12-15,17-21H2,(H2,32,34). The Bertz CT molecular complexity index is 1290. The third kappa shape index (κ3) is 4.37. The molecular weight excluding hydrogens is 470 g/mol. The molecule has 3 unspecified atom stereocenters. The van der Waals surface area contributed by atoms with E-state index in [1.807, 2.05) is 12.1 Å². The first-order valence-electron chi connectivity index (χ1n) is 14.2. The van der Waals surface area contributed by atoms with Crippen LogP contribution in [0.4, 0.5) is 11.5 Å². The highest BCUT2D eigenvalue weighted by Crippen LogP contribution is 2.37. The topological polar surface area (TPSA) is 82.1 Å². The largest absolute Gasteiger partial charge is 0.383 e. The SMILES string of the molecule is Nc1ncccc1C1=NC2CCC(C3C=CC=CC3)N=C2N1c1ccc(CN2CCC3(CC2)CNC3)cc1. The highest BCUT2D eigenvalue weighted by atomic mass is 15.3. The van der Waals surface area contributed by atoms with Crippen LogP contribution in [0.2, 0.25) is 0 Å². The third-order valence-corrected chi connectivity index (χ3v) is 9.16. The van der Waals surface area contributed by atoms with Gasteiger partial charge < -0.3 is 11.1 Å². The van der Waals surface area contributed by atoms with Crippen molar-refractivity contribution in [3.63, 3.8) is 0 Å². The van der Waals surface area contributed by atoms with E-state index in [1.54, 1.807) is 6.20 Å². The summed E-state index contributed by atoms with van der Waals surface area (Å²) in [6.45, 7) is 5.80. The van der Waals surface area contributed by atoms with Gasteiger partial charge in [-0.15, -0.1) is 0 Å². The van der Waals surface area contributed by atoms with E-state index in [0.717, 1.165) is 48.7 Å². The van der Waals surface area contributed by atoms with E-state index in [1.165, 1.54) is 44.6 Å². The number of piperidine rings is 1. The molecule has 196 valence electrons. The Kier molecular flexibility index (Phi) is 6.13. The molecule has 0 radical (unpaired) electrons. The Hall–Kier alpha value is -3.29. The van der Waals surface area contributed by atoms with Gasteiger partial charge in [0, 0.05) is 37.4 Å². The number of aromatic nitrogens is 1. The van der Waals surface area contributed by atoms with Gasteiger partial charge in [-0.3, -0.25) is 19.8 Å². The summed E-state index contributed by atoms with van der Waals surface area (Å²) in [7, 11) is 0. The van der Waals surface area contributed by atoms with Gasteiger partial charge in [0.1, 0.15) is 23.5 Å². The summed E-state index contributed by atoms with van der Waals surface area (Å²) in [5.74, 6) is 2.87. The molecular formula is C31H37N7. The van der Waals surface area contributed by atoms with Crippen LogP contribution in [0.5, 0.6) is 0 Å². The Balaban J connectivity index is 1.15. The van der Waals surface area contributed by atoms with E-state index in [9.17, 15) is 0 Å². The summed E-state index contributed by atoms with van der Waals surface area (Å²) in [4.78, 5) is 19.7. The molecule has 7 rings (SSSR count). The Morgan fingerprint density at radius 2 is 1.84 bits per heavy atom. The second-order valence-corrected chi connectivity index (χ2v) is 11.6. The van der Waals surface area contributed by atoms with Gasteiger partial charge in [0.25, 0.3) is 0 Å². The number of nitrogens with two attached hydrogens (primary N) is 1. The smallest absolute Gasteiger partial charge is 0.145 e. The van der Waals surface area contributed by atoms with Crippen molar-refractivity contribution >= 4 is 23.2 Å². The lowest BCUT2D eigenvalue weighted by atomic mass is 9.73. The molecule has 0 amide bonds. The first kappa shape index (κ1) is 23.8. The van der Waals surface area contributed by atoms with Gasteiger partial charge in [-0.2, -0.15) is 0 Å². The third-order valence-electron chi connectivity index (χ3n) is 9.16. The highest BCUT2D eigenvalue weighted by molar-refractivity contribution is 6.31. The van der Waals surface area contributed by atoms with Crippen LogP contribution in [-0.4, -0.2) is 59.8 Å². The summed E-state index contributed by atoms with van der Waals surface area (Å²) in [6.07, 6.45) is 16.3. The van der Waals surface area contributed by atoms with Crippen LogP contribution < -0.4 is 16.0 Å². The van der Waals surface area contributed by atoms with Crippen LogP contribution in [0.1, 0.15) is 43.2 Å². The number of benzene rings is 1. The Morgan fingerprint density at radius 1 is 1.00 bits per heavy atom. The second kappa shape index (κ2) is 9.79. The van der Waals surface area contributed by atoms with Crippen molar-refractivity contribution < 1.29 is 0 Å². The van der Waals surface area contributed by atoms with Gasteiger partial charge in [-0.1, -0.05) is 36.4 Å². The van der Waals surface area contributed by atoms with E-state index < -0.39 is 0 Å². The van der Waals surface area contributed by atoms with E-state index in [2.05, 4.69) is 68.7 Å². The van der Waals surface area contributed by atoms with E-state index in [0.29, 0.717) is 17.2 Å². The molecule has 0 bridgehead atoms. The molecule has 3 N–H and O–H groups in total. The summed E-state index contributed by atoms with van der Waals surface area (Å²) in [5.41, 5.74) is 10.3. The maximum atomic E-state index is 6.35. The van der Waals surface area contributed by atoms with Gasteiger partial charge in [0.2, 0.25) is 0 Å². The predicted octanol–water partition coefficient (Wildman–Crippen LogP) is 4.18. The molecule has 1 aromatic carbocycles. The van der Waals surface area contributed by atoms with Crippen molar-refractivity contribution in [1.29, 1.82) is 0 Å². The molecule has 38 heavy (non-hydrogen) atoms. The normalized spacial score (nSPS) is 28.1. The molecule has 5 heterocycles. The number of nitrogens with one attached hydrogen (secondary N) is 1. The molecule has 7 nitrogen and oxygen atoms in total. The molecule has 2 saturated heterocycles. The maximum absolute atomic E-state index is 6.35. The molecule has 3 atom stereocenters. The summed E-state index contributed by atoms with van der Waals surface area (Å²) in [5, 5.41) is 3.47. The minimum absolute atomic E-state index is 0.0605. The van der Waals surface area contributed by atoms with Crippen LogP contribution >= 0.6 is 0 Å². The number of hydrogen-bond acceptors (Lipinski definition) is 7. The Labute approximate surface area is 225 Å². The van der Waals surface area contributed by atoms with Crippen LogP contribution in [0.15, 0.2) is 76.9 Å². The zero-order chi connectivity index (χ0) is 25.5. The number of allylic oxidation sites excluding steroid dienone is 3. The number of hydrogen-bond donors (Lipinski definition) is 2. The average molecular weight is 508 g/mol. The molecule has 2 fully saturated rings. The quantitative estimate of drug-likeness (QED) is 0.635. The zero-order valence-corrected chi connectivity index (χ0v) is 22.0. The van der Waals surface area contributed by atoms with Crippen LogP contribution in [0, 0.1) is 11.3 Å². The number of anilines is 2. The zero-order valence-electron chi connectivity index (χ0n) is 22.0. The van der Waals surface area contributed by atoms with E-state index >= 15 is 0 Å². The first-order chi connectivity index (χ1) is 18.7. The second-order valence-electron chi connectivity index (χ2n) is 11.6. The van der Waals surface area contributed by atoms with Crippen LogP contribution in [0.3, 0.4) is 0 Å². The number of fused-ring (bicyclic) bond motifs is 1. The van der Waals surface area contributed by atoms with Crippen molar-refractivity contribution in [2.45, 2.75) is 50.7 Å². The molecule has 1 aromatic heterocycles. The van der Waals surface area contributed by atoms with Crippen LogP contribution in [-0.2, 0) is 6.54 Å². The van der Waals surface area contributed by atoms with Gasteiger partial charge in [-0.05, 0) is 80.4 Å². The fraction of sp³-hybridized carbons (Fsp3) is 0.452. The molecule has 2 aromatic rings. The minimum Gasteiger partial charge on any atom is -0.383 e. The maximum Gasteiger partial charge on any atom is 0.145 e. The number of nitrogens with zero attached hydrogens (tertiary/aromatic N) is 5. The highest BCUT2D eigenvalue weighted by Gasteiger charge is 2.40. The fourth-order valence-electron chi connectivity index (χ4n) is 6.69. The molecule has 4 aliphatic heterocycles. The van der Waals surface area contributed by atoms with Crippen LogP contribution in [0.25, 0.3) is 0 Å². The van der Waals surface area contributed by atoms with Crippen molar-refractivity contribution in [2.75, 3.05) is 36.8 Å². The number of amidine groups is 2. The molecule has 5 aliphatic rings. The van der Waals surface area contributed by atoms with Gasteiger partial charge in [0.05, 0.1) is 11.6 Å². The first-order valence-corrected chi connectivity index (χ1v) is 14.2. The van der Waals surface area contributed by atoms with Crippen molar-refractivity contribution in [2.24, 2.45) is 21.3 Å². The summed E-state index contributed by atoms with van der Waals surface area (Å²) >= 11 is 0. The number of pyridine rings is 1. The van der Waals surface area contributed by atoms with E-state index in [-0.39, 0.29) is 12.1 Å². The average Bonchev–Trinajstić information content (AvgIpc) is 3.32. The number of rotatable bonds is 5. The van der Waals surface area contributed by atoms with Gasteiger partial charge >= 0.3 is 0 Å². The Morgan fingerprint density at radius 3 is 2.55 bits per heavy atom. The molecule has 1 spiro atoms. The fourth-order valence-corrected chi connectivity index (χ4v) is 6.69. The predicted molar refractivity (Wildman–Crippen MR) is 155 cm³/mol. The summed E-state index contributed by atoms with van der Waals surface area (Å²) in [6, 6.07) is 13.3. The number of likely N-dealkylation sites (tertiary alicyclic amines) is 1.